The fraction of sp³-hybridized carbons (Fsp3) is 0.235. The normalized spacial score (nSPS) is 18.7. The van der Waals surface area contributed by atoms with Gasteiger partial charge in [-0.2, -0.15) is 0 Å². The van der Waals surface area contributed by atoms with Crippen LogP contribution < -0.4 is 9.47 Å². The monoisotopic (exact) mass is 634 g/mol. The number of halogens is 4. The number of esters is 1. The SMILES string of the molecule is COC(=O)c1ccc2nc(Cc3cc(F)c(-c4cccc5c4OC(C)(c4ccc(Cl)cc4F)O5)cc3F)n(CC3CCO3)c2c1. The van der Waals surface area contributed by atoms with Gasteiger partial charge >= 0.3 is 5.97 Å². The molecule has 0 radical (unpaired) electrons. The lowest BCUT2D eigenvalue weighted by Gasteiger charge is -2.27. The summed E-state index contributed by atoms with van der Waals surface area (Å²) in [6, 6.07) is 16.2. The number of carbonyl (C=O) groups excluding carboxylic acids is 1. The molecule has 1 saturated heterocycles. The van der Waals surface area contributed by atoms with Gasteiger partial charge < -0.3 is 23.5 Å². The van der Waals surface area contributed by atoms with Crippen LogP contribution in [0.15, 0.2) is 66.7 Å². The fourth-order valence-corrected chi connectivity index (χ4v) is 5.95. The zero-order chi connectivity index (χ0) is 31.5. The smallest absolute Gasteiger partial charge is 0.337 e. The fourth-order valence-electron chi connectivity index (χ4n) is 5.80. The molecule has 4 aromatic carbocycles. The van der Waals surface area contributed by atoms with E-state index < -0.39 is 29.2 Å². The maximum Gasteiger partial charge on any atom is 0.337 e. The molecule has 11 heteroatoms. The number of rotatable bonds is 7. The predicted octanol–water partition coefficient (Wildman–Crippen LogP) is 7.58. The van der Waals surface area contributed by atoms with Crippen LogP contribution in [0.1, 0.15) is 40.7 Å². The van der Waals surface area contributed by atoms with Gasteiger partial charge in [0.2, 0.25) is 0 Å². The summed E-state index contributed by atoms with van der Waals surface area (Å²) in [5, 5.41) is 0.214. The van der Waals surface area contributed by atoms with Crippen molar-refractivity contribution >= 4 is 28.6 Å². The molecule has 5 aromatic rings. The zero-order valence-electron chi connectivity index (χ0n) is 24.2. The molecule has 3 heterocycles. The van der Waals surface area contributed by atoms with Crippen molar-refractivity contribution < 1.29 is 36.9 Å². The van der Waals surface area contributed by atoms with Gasteiger partial charge in [0, 0.05) is 36.1 Å². The Morgan fingerprint density at radius 1 is 1.02 bits per heavy atom. The first-order valence-electron chi connectivity index (χ1n) is 14.3. The second kappa shape index (κ2) is 11.1. The van der Waals surface area contributed by atoms with E-state index in [2.05, 4.69) is 0 Å². The third-order valence-electron chi connectivity index (χ3n) is 8.20. The molecule has 2 aliphatic heterocycles. The highest BCUT2D eigenvalue weighted by Gasteiger charge is 2.42. The highest BCUT2D eigenvalue weighted by Crippen LogP contribution is 2.50. The third kappa shape index (κ3) is 5.17. The van der Waals surface area contributed by atoms with Crippen LogP contribution >= 0.6 is 11.6 Å². The number of methoxy groups -OCH3 is 1. The van der Waals surface area contributed by atoms with E-state index in [1.807, 2.05) is 4.57 Å². The molecule has 0 aliphatic carbocycles. The summed E-state index contributed by atoms with van der Waals surface area (Å²) >= 11 is 5.92. The standard InChI is InChI=1S/C34H26ClF3N2O5/c1-34(24-8-7-20(35)15-27(24)38)44-30-5-3-4-22(32(30)45-34)23-16-25(36)19(12-26(23)37)14-31-39-28-9-6-18(33(41)42-2)13-29(28)40(31)17-21-10-11-43-21/h3-9,12-13,15-16,21H,10-11,14,17H2,1-2H3. The number of para-hydroxylation sites is 1. The van der Waals surface area contributed by atoms with Crippen molar-refractivity contribution in [1.82, 2.24) is 9.55 Å². The Labute approximate surface area is 261 Å². The Balaban J connectivity index is 1.23. The Bertz CT molecular complexity index is 1990. The van der Waals surface area contributed by atoms with Crippen molar-refractivity contribution in [3.63, 3.8) is 0 Å². The Morgan fingerprint density at radius 3 is 2.58 bits per heavy atom. The highest BCUT2D eigenvalue weighted by atomic mass is 35.5. The molecule has 0 bridgehead atoms. The van der Waals surface area contributed by atoms with Gasteiger partial charge in [0.1, 0.15) is 23.3 Å². The Kier molecular flexibility index (Phi) is 7.21. The summed E-state index contributed by atoms with van der Waals surface area (Å²) in [6.07, 6.45) is 0.782. The predicted molar refractivity (Wildman–Crippen MR) is 160 cm³/mol. The summed E-state index contributed by atoms with van der Waals surface area (Å²) in [7, 11) is 1.30. The largest absolute Gasteiger partial charge is 0.465 e. The molecule has 2 unspecified atom stereocenters. The first-order valence-corrected chi connectivity index (χ1v) is 14.7. The van der Waals surface area contributed by atoms with Gasteiger partial charge in [-0.1, -0.05) is 23.7 Å². The van der Waals surface area contributed by atoms with Gasteiger partial charge in [0.15, 0.2) is 11.5 Å². The van der Waals surface area contributed by atoms with Gasteiger partial charge in [-0.25, -0.2) is 22.9 Å². The second-order valence-corrected chi connectivity index (χ2v) is 11.6. The van der Waals surface area contributed by atoms with Crippen LogP contribution in [0.25, 0.3) is 22.2 Å². The lowest BCUT2D eigenvalue weighted by atomic mass is 10.00. The van der Waals surface area contributed by atoms with Gasteiger partial charge in [-0.3, -0.25) is 0 Å². The molecule has 1 aromatic heterocycles. The first kappa shape index (κ1) is 29.2. The number of carbonyl (C=O) groups is 1. The van der Waals surface area contributed by atoms with E-state index in [-0.39, 0.29) is 51.3 Å². The Morgan fingerprint density at radius 2 is 1.84 bits per heavy atom. The summed E-state index contributed by atoms with van der Waals surface area (Å²) in [4.78, 5) is 16.9. The van der Waals surface area contributed by atoms with Crippen LogP contribution in [-0.4, -0.2) is 35.3 Å². The lowest BCUT2D eigenvalue weighted by molar-refractivity contribution is -0.0705. The zero-order valence-corrected chi connectivity index (χ0v) is 25.0. The molecule has 7 rings (SSSR count). The molecule has 230 valence electrons. The molecule has 1 fully saturated rings. The maximum atomic E-state index is 15.8. The average Bonchev–Trinajstić information content (AvgIpc) is 3.52. The minimum Gasteiger partial charge on any atom is -0.465 e. The van der Waals surface area contributed by atoms with E-state index in [1.54, 1.807) is 36.4 Å². The number of ether oxygens (including phenoxy) is 4. The molecule has 2 atom stereocenters. The van der Waals surface area contributed by atoms with Gasteiger partial charge in [0.05, 0.1) is 41.9 Å². The molecule has 7 nitrogen and oxygen atoms in total. The minimum absolute atomic E-state index is 0.0155. The number of imidazole rings is 1. The number of benzene rings is 4. The van der Waals surface area contributed by atoms with E-state index in [0.29, 0.717) is 35.6 Å². The molecule has 0 spiro atoms. The van der Waals surface area contributed by atoms with Crippen molar-refractivity contribution in [1.29, 1.82) is 0 Å². The summed E-state index contributed by atoms with van der Waals surface area (Å²) < 4.78 is 70.9. The van der Waals surface area contributed by atoms with Gasteiger partial charge in [-0.15, -0.1) is 0 Å². The number of hydrogen-bond donors (Lipinski definition) is 0. The topological polar surface area (TPSA) is 71.8 Å². The molecule has 45 heavy (non-hydrogen) atoms. The summed E-state index contributed by atoms with van der Waals surface area (Å²) in [5.41, 5.74) is 2.02. The lowest BCUT2D eigenvalue weighted by Crippen LogP contribution is -2.32. The van der Waals surface area contributed by atoms with Crippen LogP contribution in [0.3, 0.4) is 0 Å². The van der Waals surface area contributed by atoms with Crippen molar-refractivity contribution in [3.8, 4) is 22.6 Å². The van der Waals surface area contributed by atoms with Crippen molar-refractivity contribution in [2.24, 2.45) is 0 Å². The molecule has 0 N–H and O–H groups in total. The number of fused-ring (bicyclic) bond motifs is 2. The maximum absolute atomic E-state index is 15.8. The molecular weight excluding hydrogens is 609 g/mol. The minimum atomic E-state index is -1.56. The van der Waals surface area contributed by atoms with Gasteiger partial charge in [-0.05, 0) is 66.6 Å². The molecule has 0 saturated carbocycles. The van der Waals surface area contributed by atoms with Gasteiger partial charge in [0.25, 0.3) is 5.79 Å². The van der Waals surface area contributed by atoms with Crippen LogP contribution in [-0.2, 0) is 28.2 Å². The Hall–Kier alpha value is -4.54. The quantitative estimate of drug-likeness (QED) is 0.172. The van der Waals surface area contributed by atoms with Crippen molar-refractivity contribution in [2.75, 3.05) is 13.7 Å². The number of hydrogen-bond acceptors (Lipinski definition) is 6. The third-order valence-corrected chi connectivity index (χ3v) is 8.44. The van der Waals surface area contributed by atoms with E-state index in [0.717, 1.165) is 24.6 Å². The number of aromatic nitrogens is 2. The van der Waals surface area contributed by atoms with E-state index >= 15 is 8.78 Å². The highest BCUT2D eigenvalue weighted by molar-refractivity contribution is 6.30. The first-order chi connectivity index (χ1) is 21.6. The van der Waals surface area contributed by atoms with Crippen LogP contribution in [0.4, 0.5) is 13.2 Å². The van der Waals surface area contributed by atoms with Crippen LogP contribution in [0, 0.1) is 17.5 Å². The molecule has 2 aliphatic rings. The summed E-state index contributed by atoms with van der Waals surface area (Å²) in [5.74, 6) is -3.11. The van der Waals surface area contributed by atoms with Crippen LogP contribution in [0.5, 0.6) is 11.5 Å². The molecule has 0 amide bonds. The van der Waals surface area contributed by atoms with Crippen molar-refractivity contribution in [2.45, 2.75) is 38.2 Å². The van der Waals surface area contributed by atoms with E-state index in [9.17, 15) is 9.18 Å². The van der Waals surface area contributed by atoms with Crippen molar-refractivity contribution in [3.05, 3.63) is 112 Å². The van der Waals surface area contributed by atoms with E-state index in [1.165, 1.54) is 26.2 Å². The molecular formula is C34H26ClF3N2O5. The second-order valence-electron chi connectivity index (χ2n) is 11.1. The van der Waals surface area contributed by atoms with E-state index in [4.69, 9.17) is 35.5 Å². The summed E-state index contributed by atoms with van der Waals surface area (Å²) in [6.45, 7) is 2.63. The number of nitrogens with zero attached hydrogens (tertiary/aromatic N) is 2. The van der Waals surface area contributed by atoms with Crippen LogP contribution in [0.2, 0.25) is 5.02 Å². The average molecular weight is 635 g/mol.